The molecule has 0 aromatic heterocycles. The van der Waals surface area contributed by atoms with E-state index >= 15 is 0 Å². The maximum Gasteiger partial charge on any atom is 0.138 e. The molecule has 2 rings (SSSR count). The fraction of sp³-hybridized carbons (Fsp3) is 0.571. The van der Waals surface area contributed by atoms with Crippen molar-refractivity contribution in [3.8, 4) is 5.75 Å². The average Bonchev–Trinajstić information content (AvgIpc) is 2.27. The fourth-order valence-corrected chi connectivity index (χ4v) is 2.51. The molecule has 3 atom stereocenters. The quantitative estimate of drug-likeness (QED) is 0.735. The second-order valence-electron chi connectivity index (χ2n) is 4.94. The van der Waals surface area contributed by atoms with E-state index in [2.05, 4.69) is 13.8 Å². The van der Waals surface area contributed by atoms with Gasteiger partial charge in [-0.1, -0.05) is 37.6 Å². The number of ether oxygens (including phenoxy) is 1. The first-order valence-corrected chi connectivity index (χ1v) is 6.46. The maximum atomic E-state index is 6.08. The first-order valence-electron chi connectivity index (χ1n) is 6.08. The third-order valence-electron chi connectivity index (χ3n) is 3.68. The Hall–Kier alpha value is -0.690. The number of halogens is 1. The molecule has 0 aliphatic heterocycles. The zero-order valence-corrected chi connectivity index (χ0v) is 10.7. The van der Waals surface area contributed by atoms with E-state index in [9.17, 15) is 0 Å². The molecule has 0 heterocycles. The van der Waals surface area contributed by atoms with Gasteiger partial charge in [-0.2, -0.15) is 0 Å². The van der Waals surface area contributed by atoms with E-state index in [1.807, 2.05) is 24.3 Å². The molecule has 0 amide bonds. The Balaban J connectivity index is 1.98. The Morgan fingerprint density at radius 3 is 2.56 bits per heavy atom. The van der Waals surface area contributed by atoms with Crippen LogP contribution >= 0.6 is 11.6 Å². The highest BCUT2D eigenvalue weighted by Crippen LogP contribution is 2.33. The van der Waals surface area contributed by atoms with Crippen molar-refractivity contribution in [3.63, 3.8) is 0 Å². The van der Waals surface area contributed by atoms with Crippen LogP contribution < -0.4 is 4.74 Å². The SMILES string of the molecule is CC1CCC(Oc2ccccc2Cl)CC1C. The normalized spacial score (nSPS) is 30.1. The van der Waals surface area contributed by atoms with Gasteiger partial charge in [0, 0.05) is 0 Å². The molecule has 0 bridgehead atoms. The molecule has 1 fully saturated rings. The highest BCUT2D eigenvalue weighted by atomic mass is 35.5. The van der Waals surface area contributed by atoms with Crippen LogP contribution in [-0.4, -0.2) is 6.10 Å². The topological polar surface area (TPSA) is 9.23 Å². The summed E-state index contributed by atoms with van der Waals surface area (Å²) in [5.41, 5.74) is 0. The monoisotopic (exact) mass is 238 g/mol. The van der Waals surface area contributed by atoms with E-state index in [1.165, 1.54) is 6.42 Å². The minimum absolute atomic E-state index is 0.339. The van der Waals surface area contributed by atoms with Crippen molar-refractivity contribution in [2.75, 3.05) is 0 Å². The van der Waals surface area contributed by atoms with Crippen LogP contribution in [0.1, 0.15) is 33.1 Å². The summed E-state index contributed by atoms with van der Waals surface area (Å²) >= 11 is 6.08. The number of hydrogen-bond donors (Lipinski definition) is 0. The molecule has 1 aromatic carbocycles. The summed E-state index contributed by atoms with van der Waals surface area (Å²) in [7, 11) is 0. The van der Waals surface area contributed by atoms with Crippen LogP contribution in [0.2, 0.25) is 5.02 Å². The Labute approximate surface area is 103 Å². The highest BCUT2D eigenvalue weighted by molar-refractivity contribution is 6.32. The van der Waals surface area contributed by atoms with Crippen molar-refractivity contribution < 1.29 is 4.74 Å². The average molecular weight is 239 g/mol. The predicted octanol–water partition coefficient (Wildman–Crippen LogP) is 4.54. The fourth-order valence-electron chi connectivity index (χ4n) is 2.33. The Morgan fingerprint density at radius 2 is 1.88 bits per heavy atom. The first-order chi connectivity index (χ1) is 7.66. The van der Waals surface area contributed by atoms with Gasteiger partial charge in [-0.25, -0.2) is 0 Å². The molecule has 0 radical (unpaired) electrons. The third kappa shape index (κ3) is 2.70. The zero-order valence-electron chi connectivity index (χ0n) is 9.95. The molecule has 0 saturated heterocycles. The summed E-state index contributed by atoms with van der Waals surface area (Å²) in [5, 5.41) is 0.716. The van der Waals surface area contributed by atoms with Crippen molar-refractivity contribution in [1.29, 1.82) is 0 Å². The van der Waals surface area contributed by atoms with Gasteiger partial charge in [0.05, 0.1) is 11.1 Å². The van der Waals surface area contributed by atoms with Crippen molar-refractivity contribution in [1.82, 2.24) is 0 Å². The Morgan fingerprint density at radius 1 is 1.12 bits per heavy atom. The maximum absolute atomic E-state index is 6.08. The van der Waals surface area contributed by atoms with Crippen LogP contribution in [-0.2, 0) is 0 Å². The van der Waals surface area contributed by atoms with Gasteiger partial charge in [0.25, 0.3) is 0 Å². The van der Waals surface area contributed by atoms with Gasteiger partial charge in [0.15, 0.2) is 0 Å². The molecular formula is C14H19ClO. The van der Waals surface area contributed by atoms with Crippen LogP contribution in [0.3, 0.4) is 0 Å². The van der Waals surface area contributed by atoms with E-state index in [1.54, 1.807) is 0 Å². The molecule has 1 aliphatic carbocycles. The van der Waals surface area contributed by atoms with E-state index < -0.39 is 0 Å². The van der Waals surface area contributed by atoms with E-state index in [4.69, 9.17) is 16.3 Å². The van der Waals surface area contributed by atoms with Crippen LogP contribution in [0.15, 0.2) is 24.3 Å². The molecule has 1 aliphatic rings. The lowest BCUT2D eigenvalue weighted by Crippen LogP contribution is -2.28. The van der Waals surface area contributed by atoms with E-state index in [0.29, 0.717) is 11.1 Å². The van der Waals surface area contributed by atoms with E-state index in [-0.39, 0.29) is 0 Å². The van der Waals surface area contributed by atoms with Gasteiger partial charge in [-0.3, -0.25) is 0 Å². The molecule has 3 unspecified atom stereocenters. The highest BCUT2D eigenvalue weighted by Gasteiger charge is 2.25. The number of para-hydroxylation sites is 1. The molecule has 0 spiro atoms. The number of hydrogen-bond acceptors (Lipinski definition) is 1. The summed E-state index contributed by atoms with van der Waals surface area (Å²) in [6.07, 6.45) is 3.89. The molecule has 1 saturated carbocycles. The van der Waals surface area contributed by atoms with Gasteiger partial charge in [-0.15, -0.1) is 0 Å². The number of benzene rings is 1. The van der Waals surface area contributed by atoms with Gasteiger partial charge in [0.2, 0.25) is 0 Å². The Kier molecular flexibility index (Phi) is 3.75. The van der Waals surface area contributed by atoms with Crippen molar-refractivity contribution in [2.45, 2.75) is 39.2 Å². The van der Waals surface area contributed by atoms with Crippen molar-refractivity contribution >= 4 is 11.6 Å². The van der Waals surface area contributed by atoms with Crippen LogP contribution in [0.25, 0.3) is 0 Å². The second-order valence-corrected chi connectivity index (χ2v) is 5.35. The standard InChI is InChI=1S/C14H19ClO/c1-10-7-8-12(9-11(10)2)16-14-6-4-3-5-13(14)15/h3-6,10-12H,7-9H2,1-2H3. The lowest BCUT2D eigenvalue weighted by molar-refractivity contribution is 0.101. The zero-order chi connectivity index (χ0) is 11.5. The summed E-state index contributed by atoms with van der Waals surface area (Å²) in [5.74, 6) is 2.41. The predicted molar refractivity (Wildman–Crippen MR) is 68.0 cm³/mol. The first kappa shape index (κ1) is 11.8. The van der Waals surface area contributed by atoms with Crippen molar-refractivity contribution in [2.24, 2.45) is 11.8 Å². The van der Waals surface area contributed by atoms with Crippen LogP contribution in [0.5, 0.6) is 5.75 Å². The lowest BCUT2D eigenvalue weighted by atomic mass is 9.80. The molecular weight excluding hydrogens is 220 g/mol. The third-order valence-corrected chi connectivity index (χ3v) is 3.99. The summed E-state index contributed by atoms with van der Waals surface area (Å²) in [6, 6.07) is 7.73. The summed E-state index contributed by atoms with van der Waals surface area (Å²) < 4.78 is 5.97. The van der Waals surface area contributed by atoms with Crippen LogP contribution in [0, 0.1) is 11.8 Å². The summed E-state index contributed by atoms with van der Waals surface area (Å²) in [6.45, 7) is 4.64. The van der Waals surface area contributed by atoms with Gasteiger partial charge < -0.3 is 4.74 Å². The van der Waals surface area contributed by atoms with Crippen molar-refractivity contribution in [3.05, 3.63) is 29.3 Å². The molecule has 2 heteroatoms. The molecule has 1 nitrogen and oxygen atoms in total. The van der Waals surface area contributed by atoms with Gasteiger partial charge in [0.1, 0.15) is 5.75 Å². The largest absolute Gasteiger partial charge is 0.489 e. The smallest absolute Gasteiger partial charge is 0.138 e. The van der Waals surface area contributed by atoms with Gasteiger partial charge in [-0.05, 0) is 43.2 Å². The minimum atomic E-state index is 0.339. The molecule has 1 aromatic rings. The summed E-state index contributed by atoms with van der Waals surface area (Å²) in [4.78, 5) is 0. The number of rotatable bonds is 2. The molecule has 88 valence electrons. The van der Waals surface area contributed by atoms with E-state index in [0.717, 1.165) is 30.4 Å². The van der Waals surface area contributed by atoms with Crippen LogP contribution in [0.4, 0.5) is 0 Å². The second kappa shape index (κ2) is 5.09. The minimum Gasteiger partial charge on any atom is -0.489 e. The molecule has 0 N–H and O–H groups in total. The lowest BCUT2D eigenvalue weighted by Gasteiger charge is -2.32. The molecule has 16 heavy (non-hydrogen) atoms. The van der Waals surface area contributed by atoms with Gasteiger partial charge >= 0.3 is 0 Å². The Bertz CT molecular complexity index is 350.